The molecular formula is C16H16N6OS2. The summed E-state index contributed by atoms with van der Waals surface area (Å²) in [6.07, 6.45) is 1.79. The third-order valence-electron chi connectivity index (χ3n) is 3.35. The van der Waals surface area contributed by atoms with Crippen LogP contribution in [0.5, 0.6) is 0 Å². The van der Waals surface area contributed by atoms with Crippen LogP contribution in [0.2, 0.25) is 0 Å². The molecule has 2 heterocycles. The van der Waals surface area contributed by atoms with Crippen LogP contribution in [0.15, 0.2) is 47.6 Å². The maximum atomic E-state index is 12.0. The fourth-order valence-corrected chi connectivity index (χ4v) is 3.43. The van der Waals surface area contributed by atoms with Gasteiger partial charge in [0.2, 0.25) is 11.0 Å². The largest absolute Gasteiger partial charge is 0.300 e. The lowest BCUT2D eigenvalue weighted by molar-refractivity contribution is -0.113. The van der Waals surface area contributed by atoms with Crippen molar-refractivity contribution >= 4 is 34.1 Å². The zero-order valence-electron chi connectivity index (χ0n) is 13.5. The van der Waals surface area contributed by atoms with Crippen LogP contribution < -0.4 is 5.32 Å². The van der Waals surface area contributed by atoms with Gasteiger partial charge in [0.05, 0.1) is 5.75 Å². The van der Waals surface area contributed by atoms with Crippen molar-refractivity contribution < 1.29 is 4.79 Å². The van der Waals surface area contributed by atoms with E-state index >= 15 is 0 Å². The van der Waals surface area contributed by atoms with Gasteiger partial charge < -0.3 is 0 Å². The van der Waals surface area contributed by atoms with E-state index in [1.807, 2.05) is 35.8 Å². The zero-order valence-corrected chi connectivity index (χ0v) is 15.2. The van der Waals surface area contributed by atoms with Crippen LogP contribution in [-0.2, 0) is 11.3 Å². The number of carbonyl (C=O) groups is 1. The number of hydrogen-bond donors (Lipinski definition) is 1. The van der Waals surface area contributed by atoms with Crippen LogP contribution in [0.25, 0.3) is 11.4 Å². The van der Waals surface area contributed by atoms with E-state index in [0.29, 0.717) is 16.8 Å². The summed E-state index contributed by atoms with van der Waals surface area (Å²) in [5.41, 5.74) is 3.70. The van der Waals surface area contributed by atoms with Crippen molar-refractivity contribution in [1.82, 2.24) is 25.0 Å². The lowest BCUT2D eigenvalue weighted by Crippen LogP contribution is -2.14. The van der Waals surface area contributed by atoms with Gasteiger partial charge in [0.15, 0.2) is 11.0 Å². The van der Waals surface area contributed by atoms with Gasteiger partial charge in [-0.1, -0.05) is 53.4 Å². The van der Waals surface area contributed by atoms with Crippen molar-refractivity contribution in [3.63, 3.8) is 0 Å². The second-order valence-electron chi connectivity index (χ2n) is 5.10. The fraction of sp³-hybridized carbons (Fsp3) is 0.188. The molecule has 1 aromatic carbocycles. The quantitative estimate of drug-likeness (QED) is 0.507. The van der Waals surface area contributed by atoms with Gasteiger partial charge in [-0.3, -0.25) is 14.7 Å². The lowest BCUT2D eigenvalue weighted by Gasteiger charge is -2.09. The molecule has 3 aromatic rings. The molecule has 0 fully saturated rings. The summed E-state index contributed by atoms with van der Waals surface area (Å²) in [6.45, 7) is 6.40. The number of thioether (sulfide) groups is 1. The Bertz CT molecular complexity index is 875. The third-order valence-corrected chi connectivity index (χ3v) is 4.93. The van der Waals surface area contributed by atoms with Gasteiger partial charge >= 0.3 is 0 Å². The Hall–Kier alpha value is -2.52. The Kier molecular flexibility index (Phi) is 5.56. The molecule has 0 saturated heterocycles. The predicted octanol–water partition coefficient (Wildman–Crippen LogP) is 3.02. The SMILES string of the molecule is C=CCn1c(SCC(=O)Nc2nncs2)nnc1-c1ccccc1C. The first-order valence-corrected chi connectivity index (χ1v) is 9.34. The zero-order chi connectivity index (χ0) is 17.6. The Morgan fingerprint density at radius 2 is 2.20 bits per heavy atom. The van der Waals surface area contributed by atoms with Gasteiger partial charge in [-0.05, 0) is 12.5 Å². The summed E-state index contributed by atoms with van der Waals surface area (Å²) in [6, 6.07) is 8.00. The smallest absolute Gasteiger partial charge is 0.236 e. The first-order chi connectivity index (χ1) is 12.2. The first-order valence-electron chi connectivity index (χ1n) is 7.48. The average molecular weight is 372 g/mol. The number of amides is 1. The van der Waals surface area contributed by atoms with Crippen LogP contribution >= 0.6 is 23.1 Å². The van der Waals surface area contributed by atoms with Crippen LogP contribution in [-0.4, -0.2) is 36.6 Å². The minimum atomic E-state index is -0.160. The van der Waals surface area contributed by atoms with Crippen molar-refractivity contribution in [3.8, 4) is 11.4 Å². The van der Waals surface area contributed by atoms with E-state index in [9.17, 15) is 4.79 Å². The molecule has 9 heteroatoms. The number of nitrogens with zero attached hydrogens (tertiary/aromatic N) is 5. The molecule has 0 atom stereocenters. The van der Waals surface area contributed by atoms with E-state index in [0.717, 1.165) is 17.0 Å². The van der Waals surface area contributed by atoms with Crippen LogP contribution in [0, 0.1) is 6.92 Å². The maximum absolute atomic E-state index is 12.0. The van der Waals surface area contributed by atoms with E-state index in [1.165, 1.54) is 23.1 Å². The van der Waals surface area contributed by atoms with Crippen molar-refractivity contribution in [2.45, 2.75) is 18.6 Å². The molecule has 0 aliphatic rings. The predicted molar refractivity (Wildman–Crippen MR) is 99.7 cm³/mol. The van der Waals surface area contributed by atoms with Crippen molar-refractivity contribution in [1.29, 1.82) is 0 Å². The highest BCUT2D eigenvalue weighted by molar-refractivity contribution is 7.99. The molecule has 3 rings (SSSR count). The Morgan fingerprint density at radius 1 is 1.36 bits per heavy atom. The topological polar surface area (TPSA) is 85.6 Å². The van der Waals surface area contributed by atoms with Gasteiger partial charge in [0.25, 0.3) is 0 Å². The lowest BCUT2D eigenvalue weighted by atomic mass is 10.1. The monoisotopic (exact) mass is 372 g/mol. The molecule has 2 aromatic heterocycles. The first kappa shape index (κ1) is 17.3. The maximum Gasteiger partial charge on any atom is 0.236 e. The Morgan fingerprint density at radius 3 is 2.92 bits per heavy atom. The number of aromatic nitrogens is 5. The summed E-state index contributed by atoms with van der Waals surface area (Å²) in [5.74, 6) is 0.820. The van der Waals surface area contributed by atoms with Crippen LogP contribution in [0.3, 0.4) is 0 Å². The molecule has 0 unspecified atom stereocenters. The fourth-order valence-electron chi connectivity index (χ4n) is 2.23. The van der Waals surface area contributed by atoms with E-state index in [1.54, 1.807) is 11.6 Å². The summed E-state index contributed by atoms with van der Waals surface area (Å²) >= 11 is 2.60. The van der Waals surface area contributed by atoms with E-state index in [2.05, 4.69) is 32.3 Å². The summed E-state index contributed by atoms with van der Waals surface area (Å²) in [7, 11) is 0. The normalized spacial score (nSPS) is 10.6. The number of anilines is 1. The average Bonchev–Trinajstić information content (AvgIpc) is 3.24. The summed E-state index contributed by atoms with van der Waals surface area (Å²) in [5, 5.41) is 19.9. The van der Waals surface area contributed by atoms with Gasteiger partial charge in [0.1, 0.15) is 5.51 Å². The minimum Gasteiger partial charge on any atom is -0.300 e. The summed E-state index contributed by atoms with van der Waals surface area (Å²) in [4.78, 5) is 12.0. The van der Waals surface area contributed by atoms with Crippen LogP contribution in [0.1, 0.15) is 5.56 Å². The van der Waals surface area contributed by atoms with Crippen molar-refractivity contribution in [3.05, 3.63) is 48.0 Å². The Balaban J connectivity index is 1.76. The molecule has 0 bridgehead atoms. The highest BCUT2D eigenvalue weighted by Crippen LogP contribution is 2.26. The number of aryl methyl sites for hydroxylation is 1. The molecule has 25 heavy (non-hydrogen) atoms. The van der Waals surface area contributed by atoms with Gasteiger partial charge in [-0.2, -0.15) is 0 Å². The number of benzene rings is 1. The number of allylic oxidation sites excluding steroid dienone is 1. The molecule has 1 amide bonds. The van der Waals surface area contributed by atoms with Gasteiger partial charge in [-0.25, -0.2) is 0 Å². The molecule has 128 valence electrons. The molecule has 7 nitrogen and oxygen atoms in total. The Labute approximate surface area is 153 Å². The molecule has 0 saturated carbocycles. The van der Waals surface area contributed by atoms with Crippen molar-refractivity contribution in [2.75, 3.05) is 11.1 Å². The van der Waals surface area contributed by atoms with E-state index < -0.39 is 0 Å². The number of carbonyl (C=O) groups excluding carboxylic acids is 1. The molecule has 0 radical (unpaired) electrons. The number of rotatable bonds is 7. The molecule has 0 spiro atoms. The van der Waals surface area contributed by atoms with Gasteiger partial charge in [-0.15, -0.1) is 27.0 Å². The third kappa shape index (κ3) is 4.12. The second-order valence-corrected chi connectivity index (χ2v) is 6.88. The van der Waals surface area contributed by atoms with Crippen molar-refractivity contribution in [2.24, 2.45) is 0 Å². The van der Waals surface area contributed by atoms with E-state index in [4.69, 9.17) is 0 Å². The molecular weight excluding hydrogens is 356 g/mol. The number of hydrogen-bond acceptors (Lipinski definition) is 7. The molecule has 1 N–H and O–H groups in total. The van der Waals surface area contributed by atoms with Gasteiger partial charge in [0, 0.05) is 12.1 Å². The summed E-state index contributed by atoms with van der Waals surface area (Å²) < 4.78 is 1.96. The standard InChI is InChI=1S/C16H16N6OS2/c1-3-8-22-14(12-7-5-4-6-11(12)2)19-21-16(22)24-9-13(23)18-15-20-17-10-25-15/h3-7,10H,1,8-9H2,2H3,(H,18,20,23). The highest BCUT2D eigenvalue weighted by atomic mass is 32.2. The molecule has 0 aliphatic heterocycles. The highest BCUT2D eigenvalue weighted by Gasteiger charge is 2.16. The molecule has 0 aliphatic carbocycles. The number of nitrogens with one attached hydrogen (secondary N) is 1. The minimum absolute atomic E-state index is 0.160. The van der Waals surface area contributed by atoms with Crippen LogP contribution in [0.4, 0.5) is 5.13 Å². The van der Waals surface area contributed by atoms with E-state index in [-0.39, 0.29) is 11.7 Å². The second kappa shape index (κ2) is 8.04.